The number of rotatable bonds is 5. The van der Waals surface area contributed by atoms with E-state index >= 15 is 0 Å². The van der Waals surface area contributed by atoms with Crippen LogP contribution in [0, 0.1) is 6.92 Å². The van der Waals surface area contributed by atoms with E-state index in [1.807, 2.05) is 32.3 Å². The molecule has 0 fully saturated rings. The Morgan fingerprint density at radius 3 is 2.60 bits per heavy atom. The summed E-state index contributed by atoms with van der Waals surface area (Å²) < 4.78 is 4.90. The Labute approximate surface area is 118 Å². The molecule has 1 heterocycles. The maximum atomic E-state index is 12.0. The van der Waals surface area contributed by atoms with Gasteiger partial charge in [-0.05, 0) is 26.6 Å². The molecule has 20 heavy (non-hydrogen) atoms. The molecule has 1 aromatic heterocycles. The molecule has 0 saturated carbocycles. The van der Waals surface area contributed by atoms with Crippen molar-refractivity contribution in [1.29, 1.82) is 0 Å². The van der Waals surface area contributed by atoms with Gasteiger partial charge >= 0.3 is 0 Å². The number of likely N-dealkylation sites (N-methyl/N-ethyl adjacent to an activating group) is 1. The zero-order valence-corrected chi connectivity index (χ0v) is 12.0. The molecule has 106 valence electrons. The van der Waals surface area contributed by atoms with Gasteiger partial charge in [0.15, 0.2) is 5.69 Å². The number of nitrogens with zero attached hydrogens (tertiary/aromatic N) is 2. The van der Waals surface area contributed by atoms with Gasteiger partial charge in [-0.1, -0.05) is 35.5 Å². The van der Waals surface area contributed by atoms with Gasteiger partial charge in [-0.15, -0.1) is 0 Å². The molecule has 1 N–H and O–H groups in total. The summed E-state index contributed by atoms with van der Waals surface area (Å²) >= 11 is 0. The van der Waals surface area contributed by atoms with E-state index in [-0.39, 0.29) is 11.9 Å². The van der Waals surface area contributed by atoms with Crippen molar-refractivity contribution in [3.05, 3.63) is 53.4 Å². The van der Waals surface area contributed by atoms with Crippen molar-refractivity contribution in [3.63, 3.8) is 0 Å². The number of carbonyl (C=O) groups excluding carboxylic acids is 1. The van der Waals surface area contributed by atoms with E-state index in [0.717, 1.165) is 5.56 Å². The predicted octanol–water partition coefficient (Wildman–Crippen LogP) is 2.02. The molecule has 0 saturated heterocycles. The molecule has 2 rings (SSSR count). The van der Waals surface area contributed by atoms with Crippen molar-refractivity contribution in [2.75, 3.05) is 20.6 Å². The minimum absolute atomic E-state index is 0.119. The highest BCUT2D eigenvalue weighted by Gasteiger charge is 2.17. The minimum atomic E-state index is -0.218. The molecule has 5 nitrogen and oxygen atoms in total. The highest BCUT2D eigenvalue weighted by Crippen LogP contribution is 2.16. The van der Waals surface area contributed by atoms with E-state index in [1.165, 1.54) is 0 Å². The van der Waals surface area contributed by atoms with Crippen molar-refractivity contribution in [3.8, 4) is 0 Å². The summed E-state index contributed by atoms with van der Waals surface area (Å²) in [4.78, 5) is 14.0. The van der Waals surface area contributed by atoms with Crippen molar-refractivity contribution >= 4 is 5.91 Å². The fourth-order valence-corrected chi connectivity index (χ4v) is 2.03. The van der Waals surface area contributed by atoms with Crippen LogP contribution in [-0.2, 0) is 0 Å². The number of amides is 1. The van der Waals surface area contributed by atoms with Crippen LogP contribution in [-0.4, -0.2) is 36.6 Å². The van der Waals surface area contributed by atoms with Crippen LogP contribution in [0.2, 0.25) is 0 Å². The van der Waals surface area contributed by atoms with Gasteiger partial charge in [0.2, 0.25) is 0 Å². The van der Waals surface area contributed by atoms with Crippen LogP contribution in [0.3, 0.4) is 0 Å². The smallest absolute Gasteiger partial charge is 0.273 e. The van der Waals surface area contributed by atoms with Crippen LogP contribution in [0.25, 0.3) is 0 Å². The normalized spacial score (nSPS) is 12.4. The standard InChI is InChI=1S/C15H19N3O2/c1-11-9-13(17-20-11)15(19)16-10-14(18(2)3)12-7-5-4-6-8-12/h4-9,14H,10H2,1-3H3,(H,16,19). The second-order valence-corrected chi connectivity index (χ2v) is 4.92. The molecule has 0 radical (unpaired) electrons. The number of aryl methyl sites for hydroxylation is 1. The van der Waals surface area contributed by atoms with E-state index in [4.69, 9.17) is 4.52 Å². The summed E-state index contributed by atoms with van der Waals surface area (Å²) in [6.07, 6.45) is 0. The number of hydrogen-bond acceptors (Lipinski definition) is 4. The molecule has 1 atom stereocenters. The summed E-state index contributed by atoms with van der Waals surface area (Å²) in [5.74, 6) is 0.409. The number of nitrogens with one attached hydrogen (secondary N) is 1. The fourth-order valence-electron chi connectivity index (χ4n) is 2.03. The lowest BCUT2D eigenvalue weighted by Gasteiger charge is -2.24. The molecule has 0 aliphatic heterocycles. The van der Waals surface area contributed by atoms with Gasteiger partial charge in [0.25, 0.3) is 5.91 Å². The van der Waals surface area contributed by atoms with Gasteiger partial charge in [-0.25, -0.2) is 0 Å². The summed E-state index contributed by atoms with van der Waals surface area (Å²) in [6.45, 7) is 2.28. The average molecular weight is 273 g/mol. The van der Waals surface area contributed by atoms with Crippen molar-refractivity contribution < 1.29 is 9.32 Å². The van der Waals surface area contributed by atoms with Gasteiger partial charge in [0, 0.05) is 12.6 Å². The molecule has 0 spiro atoms. The van der Waals surface area contributed by atoms with E-state index in [9.17, 15) is 4.79 Å². The van der Waals surface area contributed by atoms with E-state index in [0.29, 0.717) is 18.0 Å². The average Bonchev–Trinajstić information content (AvgIpc) is 2.86. The number of aromatic nitrogens is 1. The third-order valence-electron chi connectivity index (χ3n) is 3.12. The molecule has 0 aliphatic carbocycles. The van der Waals surface area contributed by atoms with Crippen molar-refractivity contribution in [2.45, 2.75) is 13.0 Å². The maximum Gasteiger partial charge on any atom is 0.273 e. The molecular formula is C15H19N3O2. The number of carbonyl (C=O) groups is 1. The SMILES string of the molecule is Cc1cc(C(=O)NCC(c2ccccc2)N(C)C)no1. The van der Waals surface area contributed by atoms with Crippen LogP contribution in [0.5, 0.6) is 0 Å². The summed E-state index contributed by atoms with van der Waals surface area (Å²) in [5.41, 5.74) is 1.47. The van der Waals surface area contributed by atoms with E-state index in [2.05, 4.69) is 27.5 Å². The Morgan fingerprint density at radius 2 is 2.05 bits per heavy atom. The Bertz CT molecular complexity index is 564. The topological polar surface area (TPSA) is 58.4 Å². The summed E-state index contributed by atoms with van der Waals surface area (Å²) in [7, 11) is 3.98. The van der Waals surface area contributed by atoms with Crippen molar-refractivity contribution in [1.82, 2.24) is 15.4 Å². The van der Waals surface area contributed by atoms with Gasteiger partial charge in [-0.3, -0.25) is 4.79 Å². The number of benzene rings is 1. The monoisotopic (exact) mass is 273 g/mol. The first-order chi connectivity index (χ1) is 9.58. The zero-order valence-electron chi connectivity index (χ0n) is 12.0. The quantitative estimate of drug-likeness (QED) is 0.905. The molecule has 0 bridgehead atoms. The first-order valence-corrected chi connectivity index (χ1v) is 6.51. The Morgan fingerprint density at radius 1 is 1.35 bits per heavy atom. The van der Waals surface area contributed by atoms with E-state index < -0.39 is 0 Å². The highest BCUT2D eigenvalue weighted by molar-refractivity contribution is 5.92. The summed E-state index contributed by atoms with van der Waals surface area (Å²) in [6, 6.07) is 11.8. The highest BCUT2D eigenvalue weighted by atomic mass is 16.5. The molecule has 0 aliphatic rings. The number of hydrogen-bond donors (Lipinski definition) is 1. The van der Waals surface area contributed by atoms with Gasteiger partial charge in [-0.2, -0.15) is 0 Å². The third-order valence-corrected chi connectivity index (χ3v) is 3.12. The minimum Gasteiger partial charge on any atom is -0.361 e. The van der Waals surface area contributed by atoms with Crippen LogP contribution in [0.15, 0.2) is 40.9 Å². The van der Waals surface area contributed by atoms with Gasteiger partial charge < -0.3 is 14.7 Å². The molecule has 1 aromatic carbocycles. The maximum absolute atomic E-state index is 12.0. The largest absolute Gasteiger partial charge is 0.361 e. The van der Waals surface area contributed by atoms with Crippen molar-refractivity contribution in [2.24, 2.45) is 0 Å². The first kappa shape index (κ1) is 14.3. The molecule has 1 unspecified atom stereocenters. The predicted molar refractivity (Wildman–Crippen MR) is 76.4 cm³/mol. The zero-order chi connectivity index (χ0) is 14.5. The molecule has 2 aromatic rings. The molecule has 5 heteroatoms. The Balaban J connectivity index is 2.01. The second kappa shape index (κ2) is 6.34. The first-order valence-electron chi connectivity index (χ1n) is 6.51. The van der Waals surface area contributed by atoms with Crippen LogP contribution in [0.1, 0.15) is 27.9 Å². The fraction of sp³-hybridized carbons (Fsp3) is 0.333. The lowest BCUT2D eigenvalue weighted by molar-refractivity contribution is 0.0933. The molecule has 1 amide bonds. The second-order valence-electron chi connectivity index (χ2n) is 4.92. The van der Waals surface area contributed by atoms with E-state index in [1.54, 1.807) is 13.0 Å². The lowest BCUT2D eigenvalue weighted by Crippen LogP contribution is -2.34. The third kappa shape index (κ3) is 3.45. The Kier molecular flexibility index (Phi) is 4.53. The van der Waals surface area contributed by atoms with Crippen LogP contribution < -0.4 is 5.32 Å². The summed E-state index contributed by atoms with van der Waals surface area (Å²) in [5, 5.41) is 6.60. The molecular weight excluding hydrogens is 254 g/mol. The van der Waals surface area contributed by atoms with Crippen LogP contribution in [0.4, 0.5) is 0 Å². The van der Waals surface area contributed by atoms with Gasteiger partial charge in [0.05, 0.1) is 6.04 Å². The van der Waals surface area contributed by atoms with Gasteiger partial charge in [0.1, 0.15) is 5.76 Å². The van der Waals surface area contributed by atoms with Crippen LogP contribution >= 0.6 is 0 Å². The lowest BCUT2D eigenvalue weighted by atomic mass is 10.1. The Hall–Kier alpha value is -2.14.